The largest absolute Gasteiger partial charge is 0.394 e. The van der Waals surface area contributed by atoms with Crippen LogP contribution in [0, 0.1) is 0 Å². The summed E-state index contributed by atoms with van der Waals surface area (Å²) in [4.78, 5) is 19.6. The summed E-state index contributed by atoms with van der Waals surface area (Å²) in [6, 6.07) is 0. The van der Waals surface area contributed by atoms with Gasteiger partial charge in [-0.05, 0) is 0 Å². The summed E-state index contributed by atoms with van der Waals surface area (Å²) in [5.41, 5.74) is 0. The van der Waals surface area contributed by atoms with E-state index in [1.807, 2.05) is 0 Å². The van der Waals surface area contributed by atoms with Crippen LogP contribution in [0.4, 0.5) is 0 Å². The molecule has 0 N–H and O–H groups in total. The van der Waals surface area contributed by atoms with Crippen LogP contribution in [0.5, 0.6) is 0 Å². The predicted octanol–water partition coefficient (Wildman–Crippen LogP) is 0.0910. The van der Waals surface area contributed by atoms with Crippen molar-refractivity contribution in [3.63, 3.8) is 0 Å². The number of hydrogen-bond donors (Lipinski definition) is 0. The first-order chi connectivity index (χ1) is 3.13. The Bertz CT molecular complexity index is 92.0. The molecule has 5 heteroatoms. The van der Waals surface area contributed by atoms with Crippen LogP contribution in [0.15, 0.2) is 0 Å². The molecule has 0 heterocycles. The Morgan fingerprint density at radius 1 is 1.11 bits per heavy atom. The predicted molar refractivity (Wildman–Crippen MR) is 22.4 cm³/mol. The minimum atomic E-state index is -0.562. The zero-order valence-corrected chi connectivity index (χ0v) is 7.09. The van der Waals surface area contributed by atoms with Gasteiger partial charge in [-0.3, -0.25) is 9.59 Å². The van der Waals surface area contributed by atoms with Gasteiger partial charge >= 0.3 is 11.9 Å². The van der Waals surface area contributed by atoms with E-state index in [-0.39, 0.29) is 33.6 Å². The average Bonchev–Trinajstić information content (AvgIpc) is 1.27. The van der Waals surface area contributed by atoms with Crippen molar-refractivity contribution in [1.29, 1.82) is 0 Å². The Morgan fingerprint density at radius 2 is 1.33 bits per heavy atom. The van der Waals surface area contributed by atoms with E-state index in [1.165, 1.54) is 13.8 Å². The monoisotopic (exact) mass is 215 g/mol. The number of rotatable bonds is 0. The molecule has 0 rings (SSSR count). The number of hydrogen-bond acceptors (Lipinski definition) is 3. The van der Waals surface area contributed by atoms with E-state index in [0.717, 1.165) is 0 Å². The first kappa shape index (κ1) is 16.1. The molecule has 0 amide bonds. The molecule has 57 valence electrons. The zero-order valence-electron chi connectivity index (χ0n) is 4.92. The molecular weight excluding hydrogens is 210 g/mol. The van der Waals surface area contributed by atoms with Gasteiger partial charge in [-0.15, -0.1) is 0 Å². The van der Waals surface area contributed by atoms with Gasteiger partial charge in [-0.2, -0.15) is 0 Å². The maximum Gasteiger partial charge on any atom is 0.310 e. The van der Waals surface area contributed by atoms with Crippen LogP contribution in [0.2, 0.25) is 0 Å². The molecule has 0 spiro atoms. The van der Waals surface area contributed by atoms with Gasteiger partial charge in [-0.1, -0.05) is 0 Å². The summed E-state index contributed by atoms with van der Waals surface area (Å²) < 4.78 is 3.97. The third-order valence-electron chi connectivity index (χ3n) is 0.287. The molecule has 0 unspecified atom stereocenters. The van der Waals surface area contributed by atoms with Crippen molar-refractivity contribution in [3.05, 3.63) is 0 Å². The second kappa shape index (κ2) is 8.15. The molecule has 0 aliphatic rings. The van der Waals surface area contributed by atoms with Gasteiger partial charge < -0.3 is 4.74 Å². The van der Waals surface area contributed by atoms with E-state index in [4.69, 9.17) is 0 Å². The third-order valence-corrected chi connectivity index (χ3v) is 0.287. The summed E-state index contributed by atoms with van der Waals surface area (Å²) in [5.74, 6) is -1.12. The van der Waals surface area contributed by atoms with Gasteiger partial charge in [0.1, 0.15) is 0 Å². The number of esters is 2. The van der Waals surface area contributed by atoms with Crippen LogP contribution in [-0.4, -0.2) is 11.9 Å². The molecule has 0 aromatic rings. The molecule has 1 radical (unpaired) electrons. The molecule has 9 heavy (non-hydrogen) atoms. The van der Waals surface area contributed by atoms with Crippen LogP contribution in [0.25, 0.3) is 0 Å². The summed E-state index contributed by atoms with van der Waals surface area (Å²) in [7, 11) is 0. The van der Waals surface area contributed by atoms with Crippen LogP contribution in [0.1, 0.15) is 13.8 Å². The van der Waals surface area contributed by atoms with Crippen molar-refractivity contribution < 1.29 is 47.9 Å². The Labute approximate surface area is 73.9 Å². The molecule has 0 fully saturated rings. The van der Waals surface area contributed by atoms with Gasteiger partial charge in [0.05, 0.1) is 0 Å². The van der Waals surface area contributed by atoms with Gasteiger partial charge in [0, 0.05) is 47.4 Å². The van der Waals surface area contributed by atoms with E-state index in [2.05, 4.69) is 4.74 Å². The van der Waals surface area contributed by atoms with Gasteiger partial charge in [0.2, 0.25) is 0 Å². The fourth-order valence-electron chi connectivity index (χ4n) is 0.202. The first-order valence-corrected chi connectivity index (χ1v) is 1.82. The van der Waals surface area contributed by atoms with E-state index in [1.54, 1.807) is 0 Å². The Hall–Kier alpha value is 0.153. The summed E-state index contributed by atoms with van der Waals surface area (Å²) in [6.07, 6.45) is 0. The van der Waals surface area contributed by atoms with E-state index in [0.29, 0.717) is 0 Å². The maximum absolute atomic E-state index is 9.81. The summed E-state index contributed by atoms with van der Waals surface area (Å²) in [6.45, 7) is 2.36. The molecule has 0 aromatic heterocycles. The molecule has 0 atom stereocenters. The van der Waals surface area contributed by atoms with E-state index < -0.39 is 11.9 Å². The fourth-order valence-corrected chi connectivity index (χ4v) is 0.202. The fraction of sp³-hybridized carbons (Fsp3) is 0.500. The van der Waals surface area contributed by atoms with Crippen LogP contribution in [0.3, 0.4) is 0 Å². The van der Waals surface area contributed by atoms with Gasteiger partial charge in [0.15, 0.2) is 0 Å². The van der Waals surface area contributed by atoms with E-state index in [9.17, 15) is 9.59 Å². The molecule has 0 aliphatic heterocycles. The standard InChI is InChI=1S/C4H6O3.Mn.Ni/c1-3(5)7-4(2)6;;/h1-2H3;;. The van der Waals surface area contributed by atoms with Crippen molar-refractivity contribution in [2.24, 2.45) is 0 Å². The van der Waals surface area contributed by atoms with Crippen LogP contribution < -0.4 is 0 Å². The molecular formula is C4H6MnNiO3. The van der Waals surface area contributed by atoms with Gasteiger partial charge in [-0.25, -0.2) is 0 Å². The summed E-state index contributed by atoms with van der Waals surface area (Å²) in [5, 5.41) is 0. The Kier molecular flexibility index (Phi) is 14.6. The molecule has 0 aromatic carbocycles. The van der Waals surface area contributed by atoms with E-state index >= 15 is 0 Å². The molecule has 3 nitrogen and oxygen atoms in total. The number of carbonyl (C=O) groups excluding carboxylic acids is 2. The van der Waals surface area contributed by atoms with Crippen molar-refractivity contribution in [1.82, 2.24) is 0 Å². The molecule has 0 aliphatic carbocycles. The second-order valence-corrected chi connectivity index (χ2v) is 1.09. The Balaban J connectivity index is -0.000000180. The maximum atomic E-state index is 9.81. The SMILES string of the molecule is CC(=O)OC(C)=O.[Mn].[Ni]. The van der Waals surface area contributed by atoms with Crippen LogP contribution >= 0.6 is 0 Å². The Morgan fingerprint density at radius 3 is 1.33 bits per heavy atom. The average molecular weight is 216 g/mol. The third kappa shape index (κ3) is 17.9. The van der Waals surface area contributed by atoms with Crippen molar-refractivity contribution >= 4 is 11.9 Å². The van der Waals surface area contributed by atoms with Gasteiger partial charge in [0.25, 0.3) is 0 Å². The number of ether oxygens (including phenoxy) is 1. The quantitative estimate of drug-likeness (QED) is 0.327. The normalized spacial score (nSPS) is 6.00. The molecule has 0 saturated heterocycles. The first-order valence-electron chi connectivity index (χ1n) is 1.82. The smallest absolute Gasteiger partial charge is 0.310 e. The second-order valence-electron chi connectivity index (χ2n) is 1.09. The molecule has 0 saturated carbocycles. The summed E-state index contributed by atoms with van der Waals surface area (Å²) >= 11 is 0. The topological polar surface area (TPSA) is 43.4 Å². The minimum absolute atomic E-state index is 0. The number of carbonyl (C=O) groups is 2. The van der Waals surface area contributed by atoms with Crippen molar-refractivity contribution in [2.45, 2.75) is 13.8 Å². The van der Waals surface area contributed by atoms with Crippen molar-refractivity contribution in [2.75, 3.05) is 0 Å². The van der Waals surface area contributed by atoms with Crippen LogP contribution in [-0.2, 0) is 47.9 Å². The molecule has 0 bridgehead atoms. The zero-order chi connectivity index (χ0) is 5.86. The minimum Gasteiger partial charge on any atom is -0.394 e. The van der Waals surface area contributed by atoms with Crippen molar-refractivity contribution in [3.8, 4) is 0 Å².